The minimum atomic E-state index is -1.00. The predicted molar refractivity (Wildman–Crippen MR) is 124 cm³/mol. The van der Waals surface area contributed by atoms with E-state index in [4.69, 9.17) is 14.2 Å². The maximum Gasteiger partial charge on any atom is 0.0703 e. The summed E-state index contributed by atoms with van der Waals surface area (Å²) in [6, 6.07) is 3.72. The minimum Gasteiger partial charge on any atom is -0.377 e. The van der Waals surface area contributed by atoms with Crippen LogP contribution in [-0.2, 0) is 14.2 Å². The first-order chi connectivity index (χ1) is 11.3. The summed E-state index contributed by atoms with van der Waals surface area (Å²) in [5.74, 6) is 0. The average molecular weight is 425 g/mol. The topological polar surface area (TPSA) is 27.7 Å². The fraction of sp³-hybridized carbons (Fsp3) is 1.00. The van der Waals surface area contributed by atoms with Gasteiger partial charge in [0.05, 0.1) is 19.0 Å². The van der Waals surface area contributed by atoms with Gasteiger partial charge in [-0.15, -0.1) is 0 Å². The van der Waals surface area contributed by atoms with E-state index in [9.17, 15) is 0 Å². The predicted octanol–water partition coefficient (Wildman–Crippen LogP) is 6.41. The van der Waals surface area contributed by atoms with Crippen LogP contribution in [0, 0.1) is 0 Å². The Morgan fingerprint density at radius 1 is 0.480 bits per heavy atom. The molecular formula is C18H45O3PSi3. The Labute approximate surface area is 162 Å². The quantitative estimate of drug-likeness (QED) is 0.173. The Kier molecular flexibility index (Phi) is 12.9. The maximum atomic E-state index is 5.99. The van der Waals surface area contributed by atoms with E-state index in [2.05, 4.69) is 58.9 Å². The highest BCUT2D eigenvalue weighted by molar-refractivity contribution is 7.57. The summed E-state index contributed by atoms with van der Waals surface area (Å²) in [7, 11) is -3.34. The molecule has 0 aromatic rings. The molecule has 0 aromatic carbocycles. The Morgan fingerprint density at radius 2 is 0.720 bits per heavy atom. The fourth-order valence-electron chi connectivity index (χ4n) is 1.83. The number of hydrogen-bond donors (Lipinski definition) is 0. The highest BCUT2D eigenvalue weighted by Crippen LogP contribution is 2.36. The summed E-state index contributed by atoms with van der Waals surface area (Å²) in [5.41, 5.74) is 0. The first-order valence-corrected chi connectivity index (χ1v) is 22.8. The SMILES string of the molecule is C[Si](C)(C)CCOCP(COCC[Si](C)(C)C)COCC[Si](C)(C)C. The highest BCUT2D eigenvalue weighted by Gasteiger charge is 2.17. The third kappa shape index (κ3) is 21.1. The first kappa shape index (κ1) is 26.0. The lowest BCUT2D eigenvalue weighted by atomic mass is 10.9. The third-order valence-corrected chi connectivity index (χ3v) is 10.6. The van der Waals surface area contributed by atoms with Crippen molar-refractivity contribution in [2.75, 3.05) is 38.9 Å². The molecule has 0 rings (SSSR count). The largest absolute Gasteiger partial charge is 0.377 e. The van der Waals surface area contributed by atoms with E-state index in [1.54, 1.807) is 0 Å². The van der Waals surface area contributed by atoms with Crippen LogP contribution in [0.5, 0.6) is 0 Å². The van der Waals surface area contributed by atoms with Crippen molar-refractivity contribution < 1.29 is 14.2 Å². The van der Waals surface area contributed by atoms with Gasteiger partial charge >= 0.3 is 0 Å². The van der Waals surface area contributed by atoms with Crippen LogP contribution in [0.1, 0.15) is 0 Å². The average Bonchev–Trinajstić information content (AvgIpc) is 2.40. The van der Waals surface area contributed by atoms with Gasteiger partial charge in [-0.1, -0.05) is 58.9 Å². The van der Waals surface area contributed by atoms with E-state index in [-0.39, 0.29) is 7.92 Å². The van der Waals surface area contributed by atoms with Crippen molar-refractivity contribution in [3.63, 3.8) is 0 Å². The van der Waals surface area contributed by atoms with Gasteiger partial charge in [0, 0.05) is 44.0 Å². The zero-order valence-corrected chi connectivity index (χ0v) is 22.4. The van der Waals surface area contributed by atoms with Crippen LogP contribution in [-0.4, -0.2) is 63.1 Å². The molecule has 25 heavy (non-hydrogen) atoms. The van der Waals surface area contributed by atoms with E-state index in [1.807, 2.05) is 0 Å². The highest BCUT2D eigenvalue weighted by atomic mass is 31.1. The van der Waals surface area contributed by atoms with Gasteiger partial charge in [0.2, 0.25) is 0 Å². The lowest BCUT2D eigenvalue weighted by Crippen LogP contribution is -2.23. The van der Waals surface area contributed by atoms with Gasteiger partial charge in [-0.05, 0) is 26.1 Å². The maximum absolute atomic E-state index is 5.99. The molecule has 0 aliphatic rings. The van der Waals surface area contributed by atoms with Crippen molar-refractivity contribution >= 4 is 32.1 Å². The molecule has 0 amide bonds. The van der Waals surface area contributed by atoms with Gasteiger partial charge in [0.25, 0.3) is 0 Å². The molecule has 0 aliphatic carbocycles. The van der Waals surface area contributed by atoms with Crippen LogP contribution in [0.15, 0.2) is 0 Å². The minimum absolute atomic E-state index is 0.323. The van der Waals surface area contributed by atoms with E-state index in [0.717, 1.165) is 38.9 Å². The smallest absolute Gasteiger partial charge is 0.0703 e. The third-order valence-electron chi connectivity index (χ3n) is 3.81. The molecule has 0 spiro atoms. The second-order valence-corrected chi connectivity index (χ2v) is 29.7. The summed E-state index contributed by atoms with van der Waals surface area (Å²) in [4.78, 5) is 0. The molecular weight excluding hydrogens is 379 g/mol. The van der Waals surface area contributed by atoms with E-state index in [1.165, 1.54) is 18.1 Å². The van der Waals surface area contributed by atoms with Crippen molar-refractivity contribution in [3.05, 3.63) is 0 Å². The Bertz CT molecular complexity index is 284. The summed E-state index contributed by atoms with van der Waals surface area (Å²) >= 11 is 0. The molecule has 0 radical (unpaired) electrons. The summed E-state index contributed by atoms with van der Waals surface area (Å²) in [5, 5.41) is 0. The molecule has 0 N–H and O–H groups in total. The zero-order valence-electron chi connectivity index (χ0n) is 18.5. The molecule has 0 aliphatic heterocycles. The summed E-state index contributed by atoms with van der Waals surface area (Å²) in [6.45, 7) is 24.3. The molecule has 0 unspecified atom stereocenters. The molecule has 0 atom stereocenters. The molecule has 0 bridgehead atoms. The van der Waals surface area contributed by atoms with Crippen molar-refractivity contribution in [1.82, 2.24) is 0 Å². The Balaban J connectivity index is 4.12. The molecule has 0 aromatic heterocycles. The second-order valence-electron chi connectivity index (χ2n) is 10.7. The first-order valence-electron chi connectivity index (χ1n) is 9.74. The molecule has 152 valence electrons. The molecule has 0 fully saturated rings. The van der Waals surface area contributed by atoms with Gasteiger partial charge in [-0.25, -0.2) is 0 Å². The van der Waals surface area contributed by atoms with Crippen molar-refractivity contribution in [1.29, 1.82) is 0 Å². The van der Waals surface area contributed by atoms with Crippen LogP contribution in [0.25, 0.3) is 0 Å². The molecule has 0 saturated heterocycles. The fourth-order valence-corrected chi connectivity index (χ4v) is 5.48. The number of ether oxygens (including phenoxy) is 3. The van der Waals surface area contributed by atoms with Gasteiger partial charge in [0.1, 0.15) is 0 Å². The lowest BCUT2D eigenvalue weighted by Gasteiger charge is -2.22. The Morgan fingerprint density at radius 3 is 0.920 bits per heavy atom. The van der Waals surface area contributed by atoms with E-state index in [0.29, 0.717) is 0 Å². The van der Waals surface area contributed by atoms with Crippen LogP contribution in [0.3, 0.4) is 0 Å². The van der Waals surface area contributed by atoms with E-state index < -0.39 is 24.2 Å². The van der Waals surface area contributed by atoms with Gasteiger partial charge in [0.15, 0.2) is 0 Å². The summed E-state index contributed by atoms with van der Waals surface area (Å²) in [6.07, 6.45) is 2.50. The van der Waals surface area contributed by atoms with Gasteiger partial charge in [-0.3, -0.25) is 0 Å². The van der Waals surface area contributed by atoms with Gasteiger partial charge in [-0.2, -0.15) is 0 Å². The van der Waals surface area contributed by atoms with Crippen molar-refractivity contribution in [2.24, 2.45) is 0 Å². The van der Waals surface area contributed by atoms with Crippen molar-refractivity contribution in [3.8, 4) is 0 Å². The van der Waals surface area contributed by atoms with Crippen LogP contribution in [0.4, 0.5) is 0 Å². The van der Waals surface area contributed by atoms with Crippen molar-refractivity contribution in [2.45, 2.75) is 77.1 Å². The summed E-state index contributed by atoms with van der Waals surface area (Å²) < 4.78 is 18.0. The second kappa shape index (κ2) is 12.4. The monoisotopic (exact) mass is 424 g/mol. The van der Waals surface area contributed by atoms with Crippen LogP contribution >= 0.6 is 7.92 Å². The Hall–Kier alpha value is 0.961. The number of hydrogen-bond acceptors (Lipinski definition) is 3. The van der Waals surface area contributed by atoms with Crippen LogP contribution in [0.2, 0.25) is 77.1 Å². The van der Waals surface area contributed by atoms with E-state index >= 15 is 0 Å². The molecule has 0 heterocycles. The molecule has 3 nitrogen and oxygen atoms in total. The molecule has 7 heteroatoms. The lowest BCUT2D eigenvalue weighted by molar-refractivity contribution is 0.158. The molecule has 0 saturated carbocycles. The standard InChI is InChI=1S/C18H45O3PSi3/c1-23(2,3)13-10-19-16-22(17-20-11-14-24(4,5)6)18-21-12-15-25(7,8)9/h10-18H2,1-9H3. The zero-order chi connectivity index (χ0) is 19.6. The number of rotatable bonds is 15. The van der Waals surface area contributed by atoms with Gasteiger partial charge < -0.3 is 14.2 Å². The normalized spacial score (nSPS) is 13.7. The van der Waals surface area contributed by atoms with Crippen LogP contribution < -0.4 is 0 Å².